The Hall–Kier alpha value is -1.04. The fraction of sp³-hybridized carbons (Fsp3) is 0.533. The minimum atomic E-state index is -0.0527. The highest BCUT2D eigenvalue weighted by Crippen LogP contribution is 2.17. The first-order valence-corrected chi connectivity index (χ1v) is 8.08. The molecule has 112 valence electrons. The zero-order chi connectivity index (χ0) is 14.8. The Morgan fingerprint density at radius 2 is 2.20 bits per heavy atom. The lowest BCUT2D eigenvalue weighted by Crippen LogP contribution is -2.21. The third-order valence-electron chi connectivity index (χ3n) is 2.85. The van der Waals surface area contributed by atoms with E-state index in [1.54, 1.807) is 0 Å². The molecule has 0 saturated heterocycles. The van der Waals surface area contributed by atoms with Crippen LogP contribution in [0.2, 0.25) is 0 Å². The molecular weight excluding hydrogens is 272 g/mol. The maximum absolute atomic E-state index is 11.0. The molecule has 0 radical (unpaired) electrons. The molecule has 1 atom stereocenters. The van der Waals surface area contributed by atoms with Crippen LogP contribution >= 0.6 is 11.8 Å². The number of benzene rings is 1. The second-order valence-corrected chi connectivity index (χ2v) is 5.90. The average Bonchev–Trinajstić information content (AvgIpc) is 2.42. The van der Waals surface area contributed by atoms with Gasteiger partial charge < -0.3 is 15.7 Å². The van der Waals surface area contributed by atoms with Gasteiger partial charge in [0, 0.05) is 37.6 Å². The number of carbonyl (C=O) groups is 1. The van der Waals surface area contributed by atoms with Crippen LogP contribution in [0.1, 0.15) is 31.9 Å². The van der Waals surface area contributed by atoms with Gasteiger partial charge in [-0.3, -0.25) is 4.79 Å². The smallest absolute Gasteiger partial charge is 0.221 e. The number of nitrogens with one attached hydrogen (secondary N) is 2. The zero-order valence-corrected chi connectivity index (χ0v) is 13.0. The number of thioether (sulfide) groups is 1. The second-order valence-electron chi connectivity index (χ2n) is 4.67. The molecule has 1 aromatic carbocycles. The second kappa shape index (κ2) is 9.80. The molecule has 4 nitrogen and oxygen atoms in total. The molecule has 1 rings (SSSR count). The van der Waals surface area contributed by atoms with Gasteiger partial charge in [0.2, 0.25) is 5.91 Å². The van der Waals surface area contributed by atoms with Crippen molar-refractivity contribution in [2.45, 2.75) is 26.3 Å². The van der Waals surface area contributed by atoms with Crippen LogP contribution in [-0.4, -0.2) is 35.7 Å². The Bertz CT molecular complexity index is 413. The first-order chi connectivity index (χ1) is 9.63. The highest BCUT2D eigenvalue weighted by atomic mass is 32.2. The van der Waals surface area contributed by atoms with E-state index in [2.05, 4.69) is 23.6 Å². The van der Waals surface area contributed by atoms with Crippen LogP contribution in [0.15, 0.2) is 24.3 Å². The monoisotopic (exact) mass is 296 g/mol. The van der Waals surface area contributed by atoms with Gasteiger partial charge >= 0.3 is 0 Å². The summed E-state index contributed by atoms with van der Waals surface area (Å²) in [6.07, 6.45) is 0.860. The van der Waals surface area contributed by atoms with E-state index in [1.807, 2.05) is 30.0 Å². The molecule has 0 spiro atoms. The minimum absolute atomic E-state index is 0.0527. The molecule has 1 aromatic rings. The van der Waals surface area contributed by atoms with Gasteiger partial charge in [0.25, 0.3) is 0 Å². The van der Waals surface area contributed by atoms with Crippen molar-refractivity contribution in [3.05, 3.63) is 29.8 Å². The van der Waals surface area contributed by atoms with E-state index in [-0.39, 0.29) is 18.6 Å². The molecule has 0 aliphatic heterocycles. The van der Waals surface area contributed by atoms with Crippen molar-refractivity contribution in [2.24, 2.45) is 0 Å². The fourth-order valence-corrected chi connectivity index (χ4v) is 2.62. The van der Waals surface area contributed by atoms with Crippen molar-refractivity contribution in [1.82, 2.24) is 5.32 Å². The molecule has 0 heterocycles. The summed E-state index contributed by atoms with van der Waals surface area (Å²) < 4.78 is 0. The van der Waals surface area contributed by atoms with Crippen molar-refractivity contribution in [1.29, 1.82) is 0 Å². The van der Waals surface area contributed by atoms with Crippen molar-refractivity contribution < 1.29 is 9.90 Å². The Labute approximate surface area is 125 Å². The summed E-state index contributed by atoms with van der Waals surface area (Å²) in [5.74, 6) is 1.99. The molecule has 0 fully saturated rings. The summed E-state index contributed by atoms with van der Waals surface area (Å²) in [6, 6.07) is 8.15. The number of rotatable bonds is 9. The highest BCUT2D eigenvalue weighted by molar-refractivity contribution is 7.99. The number of amides is 1. The Kier molecular flexibility index (Phi) is 8.34. The normalized spacial score (nSPS) is 12.2. The van der Waals surface area contributed by atoms with Gasteiger partial charge in [-0.1, -0.05) is 12.1 Å². The predicted octanol–water partition coefficient (Wildman–Crippen LogP) is 2.41. The number of anilines is 1. The Morgan fingerprint density at radius 3 is 2.90 bits per heavy atom. The van der Waals surface area contributed by atoms with Crippen LogP contribution in [0.5, 0.6) is 0 Å². The third kappa shape index (κ3) is 6.93. The third-order valence-corrected chi connectivity index (χ3v) is 3.92. The van der Waals surface area contributed by atoms with Crippen molar-refractivity contribution >= 4 is 23.4 Å². The van der Waals surface area contributed by atoms with Crippen LogP contribution in [-0.2, 0) is 4.79 Å². The Balaban J connectivity index is 2.35. The maximum Gasteiger partial charge on any atom is 0.221 e. The van der Waals surface area contributed by atoms with Crippen LogP contribution in [0.25, 0.3) is 0 Å². The van der Waals surface area contributed by atoms with Gasteiger partial charge in [-0.25, -0.2) is 0 Å². The van der Waals surface area contributed by atoms with E-state index in [4.69, 9.17) is 5.11 Å². The quantitative estimate of drug-likeness (QED) is 0.612. The van der Waals surface area contributed by atoms with E-state index in [9.17, 15) is 4.79 Å². The molecule has 20 heavy (non-hydrogen) atoms. The van der Waals surface area contributed by atoms with E-state index >= 15 is 0 Å². The lowest BCUT2D eigenvalue weighted by molar-refractivity contribution is -0.114. The van der Waals surface area contributed by atoms with E-state index < -0.39 is 0 Å². The molecule has 0 aromatic heterocycles. The molecule has 0 aliphatic rings. The van der Waals surface area contributed by atoms with Crippen LogP contribution in [0.4, 0.5) is 5.69 Å². The first kappa shape index (κ1) is 17.0. The summed E-state index contributed by atoms with van der Waals surface area (Å²) >= 11 is 1.85. The molecule has 0 aliphatic carbocycles. The van der Waals surface area contributed by atoms with Gasteiger partial charge in [-0.05, 0) is 36.8 Å². The van der Waals surface area contributed by atoms with Crippen LogP contribution < -0.4 is 10.6 Å². The zero-order valence-electron chi connectivity index (χ0n) is 12.2. The summed E-state index contributed by atoms with van der Waals surface area (Å²) in [5, 5.41) is 14.9. The number of aliphatic hydroxyl groups is 1. The molecule has 0 saturated carbocycles. The van der Waals surface area contributed by atoms with Crippen molar-refractivity contribution in [2.75, 3.05) is 30.0 Å². The minimum Gasteiger partial charge on any atom is -0.396 e. The molecule has 3 N–H and O–H groups in total. The number of hydrogen-bond donors (Lipinski definition) is 3. The average molecular weight is 296 g/mol. The largest absolute Gasteiger partial charge is 0.396 e. The molecule has 0 bridgehead atoms. The SMILES string of the molecule is CC(=O)Nc1cccc(C(C)NCCSCCCO)c1. The molecule has 1 amide bonds. The van der Waals surface area contributed by atoms with Crippen LogP contribution in [0, 0.1) is 0 Å². The topological polar surface area (TPSA) is 61.4 Å². The molecule has 1 unspecified atom stereocenters. The van der Waals surface area contributed by atoms with Gasteiger partial charge in [-0.15, -0.1) is 0 Å². The summed E-state index contributed by atoms with van der Waals surface area (Å²) in [7, 11) is 0. The van der Waals surface area contributed by atoms with Gasteiger partial charge in [-0.2, -0.15) is 11.8 Å². The number of carbonyl (C=O) groups excluding carboxylic acids is 1. The first-order valence-electron chi connectivity index (χ1n) is 6.93. The molecular formula is C15H24N2O2S. The lowest BCUT2D eigenvalue weighted by Gasteiger charge is -2.15. The fourth-order valence-electron chi connectivity index (χ4n) is 1.82. The standard InChI is InChI=1S/C15H24N2O2S/c1-12(16-7-10-20-9-4-8-18)14-5-3-6-15(11-14)17-13(2)19/h3,5-6,11-12,16,18H,4,7-10H2,1-2H3,(H,17,19). The predicted molar refractivity (Wildman–Crippen MR) is 86.2 cm³/mol. The van der Waals surface area contributed by atoms with Gasteiger partial charge in [0.15, 0.2) is 0 Å². The van der Waals surface area contributed by atoms with E-state index in [0.29, 0.717) is 0 Å². The van der Waals surface area contributed by atoms with Crippen LogP contribution in [0.3, 0.4) is 0 Å². The summed E-state index contributed by atoms with van der Waals surface area (Å²) in [4.78, 5) is 11.0. The summed E-state index contributed by atoms with van der Waals surface area (Å²) in [6.45, 7) is 4.83. The van der Waals surface area contributed by atoms with Crippen molar-refractivity contribution in [3.8, 4) is 0 Å². The maximum atomic E-state index is 11.0. The highest BCUT2D eigenvalue weighted by Gasteiger charge is 2.05. The Morgan fingerprint density at radius 1 is 1.40 bits per heavy atom. The summed E-state index contributed by atoms with van der Waals surface area (Å²) in [5.41, 5.74) is 2.00. The van der Waals surface area contributed by atoms with Gasteiger partial charge in [0.1, 0.15) is 0 Å². The number of aliphatic hydroxyl groups excluding tert-OH is 1. The van der Waals surface area contributed by atoms with Crippen molar-refractivity contribution in [3.63, 3.8) is 0 Å². The number of hydrogen-bond acceptors (Lipinski definition) is 4. The lowest BCUT2D eigenvalue weighted by atomic mass is 10.1. The molecule has 5 heteroatoms. The van der Waals surface area contributed by atoms with Gasteiger partial charge in [0.05, 0.1) is 0 Å². The van der Waals surface area contributed by atoms with E-state index in [0.717, 1.165) is 35.7 Å². The van der Waals surface area contributed by atoms with E-state index in [1.165, 1.54) is 6.92 Å².